The molecule has 5 aromatic rings. The molecule has 4 aromatic carbocycles. The van der Waals surface area contributed by atoms with Gasteiger partial charge in [0, 0.05) is 21.7 Å². The fraction of sp³-hybridized carbons (Fsp3) is 0.172. The van der Waals surface area contributed by atoms with Crippen molar-refractivity contribution in [1.82, 2.24) is 4.98 Å². The van der Waals surface area contributed by atoms with Crippen molar-refractivity contribution >= 4 is 45.1 Å². The second-order valence-electron chi connectivity index (χ2n) is 8.56. The van der Waals surface area contributed by atoms with Gasteiger partial charge in [0.15, 0.2) is 12.2 Å². The number of hydrogen-bond donors (Lipinski definition) is 1. The smallest absolute Gasteiger partial charge is 0.262 e. The Hall–Kier alpha value is -3.83. The van der Waals surface area contributed by atoms with Gasteiger partial charge in [-0.3, -0.25) is 4.79 Å². The van der Waals surface area contributed by atoms with Gasteiger partial charge in [-0.25, -0.2) is 4.98 Å². The number of nitrogens with one attached hydrogen (secondary N) is 1. The number of ether oxygens (including phenoxy) is 1. The van der Waals surface area contributed by atoms with Crippen molar-refractivity contribution in [3.8, 4) is 17.2 Å². The van der Waals surface area contributed by atoms with E-state index in [-0.39, 0.29) is 12.5 Å². The second kappa shape index (κ2) is 9.80. The van der Waals surface area contributed by atoms with Gasteiger partial charge in [-0.1, -0.05) is 61.8 Å². The monoisotopic (exact) mass is 484 g/mol. The van der Waals surface area contributed by atoms with Crippen LogP contribution < -0.4 is 10.1 Å². The number of carbonyl (C=O) groups excluding carboxylic acids is 1. The van der Waals surface area contributed by atoms with E-state index in [2.05, 4.69) is 24.1 Å². The average molecular weight is 485 g/mol. The minimum atomic E-state index is -0.247. The fourth-order valence-corrected chi connectivity index (χ4v) is 4.29. The van der Waals surface area contributed by atoms with Crippen molar-refractivity contribution in [2.24, 2.45) is 0 Å². The van der Waals surface area contributed by atoms with Gasteiger partial charge >= 0.3 is 0 Å². The zero-order valence-electron chi connectivity index (χ0n) is 19.5. The van der Waals surface area contributed by atoms with Crippen molar-refractivity contribution in [3.05, 3.63) is 89.4 Å². The highest BCUT2D eigenvalue weighted by Crippen LogP contribution is 2.34. The number of fused-ring (bicyclic) bond motifs is 2. The van der Waals surface area contributed by atoms with Gasteiger partial charge in [-0.15, -0.1) is 0 Å². The molecule has 0 saturated carbocycles. The largest absolute Gasteiger partial charge is 0.484 e. The molecule has 1 N–H and O–H groups in total. The third-order valence-corrected chi connectivity index (χ3v) is 6.53. The molecule has 1 atom stereocenters. The quantitative estimate of drug-likeness (QED) is 0.255. The second-order valence-corrected chi connectivity index (χ2v) is 8.96. The standard InChI is InChI=1S/C29H25ClN2O3/c1-3-18(2)19-10-13-21(14-11-19)34-17-28(33)31-20-12-15-27-26(16-20)32-29(35-27)24-8-4-7-23-22(24)6-5-9-25(23)30/h4-16,18H,3,17H2,1-2H3,(H,31,33)/t18-/m0/s1. The summed E-state index contributed by atoms with van der Waals surface area (Å²) < 4.78 is 11.7. The van der Waals surface area contributed by atoms with Crippen LogP contribution in [0.5, 0.6) is 5.75 Å². The Balaban J connectivity index is 1.29. The Morgan fingerprint density at radius 1 is 1.03 bits per heavy atom. The van der Waals surface area contributed by atoms with Crippen molar-refractivity contribution in [3.63, 3.8) is 0 Å². The first-order chi connectivity index (χ1) is 17.0. The minimum absolute atomic E-state index is 0.0818. The number of amides is 1. The van der Waals surface area contributed by atoms with E-state index in [1.807, 2.05) is 60.7 Å². The predicted molar refractivity (Wildman–Crippen MR) is 141 cm³/mol. The van der Waals surface area contributed by atoms with Crippen LogP contribution in [0.4, 0.5) is 5.69 Å². The summed E-state index contributed by atoms with van der Waals surface area (Å²) in [6.45, 7) is 4.27. The van der Waals surface area contributed by atoms with E-state index >= 15 is 0 Å². The van der Waals surface area contributed by atoms with E-state index in [0.717, 1.165) is 22.8 Å². The summed E-state index contributed by atoms with van der Waals surface area (Å²) in [5.74, 6) is 1.42. The van der Waals surface area contributed by atoms with Crippen molar-refractivity contribution in [2.75, 3.05) is 11.9 Å². The van der Waals surface area contributed by atoms with E-state index < -0.39 is 0 Å². The van der Waals surface area contributed by atoms with Crippen LogP contribution in [0.1, 0.15) is 31.7 Å². The van der Waals surface area contributed by atoms with Gasteiger partial charge in [-0.05, 0) is 65.8 Å². The van der Waals surface area contributed by atoms with Crippen LogP contribution in [0.2, 0.25) is 5.02 Å². The first-order valence-corrected chi connectivity index (χ1v) is 12.0. The molecule has 6 heteroatoms. The SMILES string of the molecule is CC[C@H](C)c1ccc(OCC(=O)Nc2ccc3oc(-c4cccc5c(Cl)cccc45)nc3c2)cc1. The maximum Gasteiger partial charge on any atom is 0.262 e. The van der Waals surface area contributed by atoms with Gasteiger partial charge in [0.2, 0.25) is 5.89 Å². The number of carbonyl (C=O) groups is 1. The maximum atomic E-state index is 12.5. The number of hydrogen-bond acceptors (Lipinski definition) is 4. The van der Waals surface area contributed by atoms with Gasteiger partial charge in [0.1, 0.15) is 11.3 Å². The van der Waals surface area contributed by atoms with Crippen molar-refractivity contribution in [1.29, 1.82) is 0 Å². The molecule has 1 heterocycles. The highest BCUT2D eigenvalue weighted by Gasteiger charge is 2.14. The molecular formula is C29H25ClN2O3. The summed E-state index contributed by atoms with van der Waals surface area (Å²) in [4.78, 5) is 17.1. The van der Waals surface area contributed by atoms with Crippen molar-refractivity contribution < 1.29 is 13.9 Å². The molecule has 176 valence electrons. The van der Waals surface area contributed by atoms with Crippen LogP contribution in [-0.2, 0) is 4.79 Å². The lowest BCUT2D eigenvalue weighted by molar-refractivity contribution is -0.118. The van der Waals surface area contributed by atoms with Crippen molar-refractivity contribution in [2.45, 2.75) is 26.2 Å². The molecule has 0 aliphatic carbocycles. The van der Waals surface area contributed by atoms with Gasteiger partial charge in [0.05, 0.1) is 0 Å². The number of halogens is 1. The molecule has 0 saturated heterocycles. The van der Waals surface area contributed by atoms with E-state index in [9.17, 15) is 4.79 Å². The summed E-state index contributed by atoms with van der Waals surface area (Å²) in [7, 11) is 0. The Morgan fingerprint density at radius 3 is 2.60 bits per heavy atom. The molecule has 5 nitrogen and oxygen atoms in total. The van der Waals surface area contributed by atoms with Crippen LogP contribution in [0.25, 0.3) is 33.3 Å². The summed E-state index contributed by atoms with van der Waals surface area (Å²) in [5, 5.41) is 5.45. The molecule has 0 spiro atoms. The Labute approximate surface area is 208 Å². The van der Waals surface area contributed by atoms with Gasteiger partial charge in [-0.2, -0.15) is 0 Å². The summed E-state index contributed by atoms with van der Waals surface area (Å²) in [5.41, 5.74) is 4.03. The molecule has 5 rings (SSSR count). The molecule has 0 fully saturated rings. The van der Waals surface area contributed by atoms with Crippen LogP contribution >= 0.6 is 11.6 Å². The fourth-order valence-electron chi connectivity index (χ4n) is 4.05. The third kappa shape index (κ3) is 4.86. The van der Waals surface area contributed by atoms with E-state index in [0.29, 0.717) is 39.4 Å². The first-order valence-electron chi connectivity index (χ1n) is 11.6. The van der Waals surface area contributed by atoms with E-state index in [1.54, 1.807) is 18.2 Å². The normalized spacial score (nSPS) is 12.1. The molecule has 0 aliphatic heterocycles. The van der Waals surface area contributed by atoms with Crippen LogP contribution in [-0.4, -0.2) is 17.5 Å². The lowest BCUT2D eigenvalue weighted by atomic mass is 9.99. The molecule has 1 amide bonds. The molecule has 0 aliphatic rings. The number of aromatic nitrogens is 1. The Bertz CT molecular complexity index is 1510. The molecular weight excluding hydrogens is 460 g/mol. The van der Waals surface area contributed by atoms with Crippen LogP contribution in [0, 0.1) is 0 Å². The highest BCUT2D eigenvalue weighted by atomic mass is 35.5. The number of anilines is 1. The predicted octanol–water partition coefficient (Wildman–Crippen LogP) is 7.83. The lowest BCUT2D eigenvalue weighted by Crippen LogP contribution is -2.20. The van der Waals surface area contributed by atoms with Crippen LogP contribution in [0.15, 0.2) is 83.3 Å². The van der Waals surface area contributed by atoms with Crippen LogP contribution in [0.3, 0.4) is 0 Å². The lowest BCUT2D eigenvalue weighted by Gasteiger charge is -2.11. The summed E-state index contributed by atoms with van der Waals surface area (Å²) >= 11 is 6.35. The summed E-state index contributed by atoms with van der Waals surface area (Å²) in [6, 6.07) is 24.9. The zero-order chi connectivity index (χ0) is 24.4. The number of oxazole rings is 1. The molecule has 35 heavy (non-hydrogen) atoms. The Kier molecular flexibility index (Phi) is 6.43. The average Bonchev–Trinajstić information content (AvgIpc) is 3.30. The van der Waals surface area contributed by atoms with Gasteiger partial charge in [0.25, 0.3) is 5.91 Å². The molecule has 0 radical (unpaired) electrons. The number of rotatable bonds is 7. The van der Waals surface area contributed by atoms with E-state index in [4.69, 9.17) is 20.8 Å². The molecule has 0 bridgehead atoms. The molecule has 1 aromatic heterocycles. The first kappa shape index (κ1) is 22.9. The minimum Gasteiger partial charge on any atom is -0.484 e. The Morgan fingerprint density at radius 2 is 1.80 bits per heavy atom. The van der Waals surface area contributed by atoms with Gasteiger partial charge < -0.3 is 14.5 Å². The zero-order valence-corrected chi connectivity index (χ0v) is 20.3. The maximum absolute atomic E-state index is 12.5. The topological polar surface area (TPSA) is 64.4 Å². The highest BCUT2D eigenvalue weighted by molar-refractivity contribution is 6.35. The summed E-state index contributed by atoms with van der Waals surface area (Å²) in [6.07, 6.45) is 1.08. The number of nitrogens with zero attached hydrogens (tertiary/aromatic N) is 1. The number of benzene rings is 4. The molecule has 0 unspecified atom stereocenters. The van der Waals surface area contributed by atoms with E-state index in [1.165, 1.54) is 5.56 Å². The third-order valence-electron chi connectivity index (χ3n) is 6.20.